The summed E-state index contributed by atoms with van der Waals surface area (Å²) in [7, 11) is 1.75. The van der Waals surface area contributed by atoms with E-state index in [1.54, 1.807) is 47.5 Å². The summed E-state index contributed by atoms with van der Waals surface area (Å²) >= 11 is 1.62. The smallest absolute Gasteiger partial charge is 0.260 e. The van der Waals surface area contributed by atoms with Gasteiger partial charge in [0, 0.05) is 11.9 Å². The number of hydrogen-bond donors (Lipinski definition) is 0. The molecule has 0 unspecified atom stereocenters. The van der Waals surface area contributed by atoms with Gasteiger partial charge in [-0.15, -0.1) is 11.3 Å². The Kier molecular flexibility index (Phi) is 4.75. The van der Waals surface area contributed by atoms with Gasteiger partial charge in [-0.3, -0.25) is 4.79 Å². The van der Waals surface area contributed by atoms with Crippen molar-refractivity contribution in [2.75, 3.05) is 13.7 Å². The highest BCUT2D eigenvalue weighted by Gasteiger charge is 2.10. The SMILES string of the molecule is CN(Cc1cccs1)C(=O)COc1ccc(C#N)cc1. The standard InChI is InChI=1S/C15H14N2O2S/c1-17(10-14-3-2-8-20-14)15(18)11-19-13-6-4-12(9-16)5-7-13/h2-8H,10-11H2,1H3. The van der Waals surface area contributed by atoms with E-state index in [2.05, 4.69) is 0 Å². The van der Waals surface area contributed by atoms with Crippen molar-refractivity contribution in [3.05, 3.63) is 52.2 Å². The van der Waals surface area contributed by atoms with Gasteiger partial charge in [-0.2, -0.15) is 5.26 Å². The lowest BCUT2D eigenvalue weighted by molar-refractivity contribution is -0.132. The molecule has 0 radical (unpaired) electrons. The highest BCUT2D eigenvalue weighted by Crippen LogP contribution is 2.13. The van der Waals surface area contributed by atoms with Crippen molar-refractivity contribution in [3.63, 3.8) is 0 Å². The number of nitriles is 1. The number of hydrogen-bond acceptors (Lipinski definition) is 4. The number of carbonyl (C=O) groups excluding carboxylic acids is 1. The molecule has 1 aromatic heterocycles. The van der Waals surface area contributed by atoms with Gasteiger partial charge in [0.15, 0.2) is 6.61 Å². The molecular formula is C15H14N2O2S. The molecule has 5 heteroatoms. The monoisotopic (exact) mass is 286 g/mol. The Morgan fingerprint density at radius 3 is 2.70 bits per heavy atom. The molecule has 1 heterocycles. The van der Waals surface area contributed by atoms with Crippen LogP contribution in [-0.2, 0) is 11.3 Å². The number of benzene rings is 1. The highest BCUT2D eigenvalue weighted by atomic mass is 32.1. The summed E-state index contributed by atoms with van der Waals surface area (Å²) in [6.07, 6.45) is 0. The average Bonchev–Trinajstić information content (AvgIpc) is 2.98. The van der Waals surface area contributed by atoms with Gasteiger partial charge >= 0.3 is 0 Å². The number of rotatable bonds is 5. The van der Waals surface area contributed by atoms with Crippen molar-refractivity contribution in [2.24, 2.45) is 0 Å². The predicted molar refractivity (Wildman–Crippen MR) is 77.4 cm³/mol. The van der Waals surface area contributed by atoms with Crippen LogP contribution in [0.3, 0.4) is 0 Å². The molecule has 2 aromatic rings. The van der Waals surface area contributed by atoms with Crippen molar-refractivity contribution in [1.82, 2.24) is 4.90 Å². The van der Waals surface area contributed by atoms with E-state index in [1.165, 1.54) is 0 Å². The third kappa shape index (κ3) is 3.84. The Hall–Kier alpha value is -2.32. The van der Waals surface area contributed by atoms with Crippen LogP contribution in [0.15, 0.2) is 41.8 Å². The fourth-order valence-corrected chi connectivity index (χ4v) is 2.36. The molecule has 0 saturated carbocycles. The van der Waals surface area contributed by atoms with Crippen molar-refractivity contribution in [3.8, 4) is 11.8 Å². The van der Waals surface area contributed by atoms with Crippen molar-refractivity contribution >= 4 is 17.2 Å². The summed E-state index contributed by atoms with van der Waals surface area (Å²) in [5.41, 5.74) is 0.568. The first-order chi connectivity index (χ1) is 9.69. The first kappa shape index (κ1) is 14.1. The third-order valence-corrected chi connectivity index (χ3v) is 3.61. The van der Waals surface area contributed by atoms with E-state index in [1.807, 2.05) is 23.6 Å². The predicted octanol–water partition coefficient (Wildman–Crippen LogP) is 2.66. The maximum Gasteiger partial charge on any atom is 0.260 e. The molecule has 0 atom stereocenters. The van der Waals surface area contributed by atoms with Crippen molar-refractivity contribution < 1.29 is 9.53 Å². The van der Waals surface area contributed by atoms with Crippen molar-refractivity contribution in [1.29, 1.82) is 5.26 Å². The second kappa shape index (κ2) is 6.73. The Labute approximate surface area is 121 Å². The zero-order valence-corrected chi connectivity index (χ0v) is 11.9. The Bertz CT molecular complexity index is 600. The molecule has 0 fully saturated rings. The van der Waals surface area contributed by atoms with E-state index in [-0.39, 0.29) is 12.5 Å². The van der Waals surface area contributed by atoms with E-state index in [9.17, 15) is 4.79 Å². The van der Waals surface area contributed by atoms with Gasteiger partial charge < -0.3 is 9.64 Å². The molecule has 102 valence electrons. The molecule has 2 rings (SSSR count). The number of likely N-dealkylation sites (N-methyl/N-ethyl adjacent to an activating group) is 1. The molecule has 20 heavy (non-hydrogen) atoms. The number of carbonyl (C=O) groups is 1. The van der Waals surface area contributed by atoms with Crippen LogP contribution >= 0.6 is 11.3 Å². The highest BCUT2D eigenvalue weighted by molar-refractivity contribution is 7.09. The number of ether oxygens (including phenoxy) is 1. The van der Waals surface area contributed by atoms with Crippen LogP contribution in [-0.4, -0.2) is 24.5 Å². The Morgan fingerprint density at radius 1 is 1.35 bits per heavy atom. The summed E-state index contributed by atoms with van der Waals surface area (Å²) in [5.74, 6) is 0.504. The molecule has 0 bridgehead atoms. The van der Waals surface area contributed by atoms with E-state index in [4.69, 9.17) is 10.00 Å². The largest absolute Gasteiger partial charge is 0.484 e. The zero-order chi connectivity index (χ0) is 14.4. The first-order valence-corrected chi connectivity index (χ1v) is 6.96. The minimum absolute atomic E-state index is 0.00618. The average molecular weight is 286 g/mol. The molecule has 0 aliphatic carbocycles. The van der Waals surface area contributed by atoms with Crippen LogP contribution in [0.1, 0.15) is 10.4 Å². The minimum atomic E-state index is -0.0808. The lowest BCUT2D eigenvalue weighted by Gasteiger charge is -2.16. The van der Waals surface area contributed by atoms with Crippen LogP contribution in [0.5, 0.6) is 5.75 Å². The lowest BCUT2D eigenvalue weighted by atomic mass is 10.2. The molecule has 1 amide bonds. The molecule has 0 saturated heterocycles. The maximum atomic E-state index is 11.9. The van der Waals surface area contributed by atoms with E-state index in [0.717, 1.165) is 4.88 Å². The van der Waals surface area contributed by atoms with Crippen LogP contribution < -0.4 is 4.74 Å². The summed E-state index contributed by atoms with van der Waals surface area (Å²) in [4.78, 5) is 14.7. The lowest BCUT2D eigenvalue weighted by Crippen LogP contribution is -2.30. The van der Waals surface area contributed by atoms with E-state index < -0.39 is 0 Å². The van der Waals surface area contributed by atoms with Gasteiger partial charge in [0.05, 0.1) is 18.2 Å². The van der Waals surface area contributed by atoms with Gasteiger partial charge in [-0.1, -0.05) is 6.07 Å². The van der Waals surface area contributed by atoms with Gasteiger partial charge in [-0.25, -0.2) is 0 Å². The molecule has 4 nitrogen and oxygen atoms in total. The summed E-state index contributed by atoms with van der Waals surface area (Å²) in [6, 6.07) is 12.7. The molecule has 0 aliphatic heterocycles. The molecular weight excluding hydrogens is 272 g/mol. The summed E-state index contributed by atoms with van der Waals surface area (Å²) in [6.45, 7) is 0.584. The van der Waals surface area contributed by atoms with Crippen LogP contribution in [0, 0.1) is 11.3 Å². The van der Waals surface area contributed by atoms with Gasteiger partial charge in [-0.05, 0) is 35.7 Å². The topological polar surface area (TPSA) is 53.3 Å². The van der Waals surface area contributed by atoms with Gasteiger partial charge in [0.25, 0.3) is 5.91 Å². The van der Waals surface area contributed by atoms with Gasteiger partial charge in [0.2, 0.25) is 0 Å². The quantitative estimate of drug-likeness (QED) is 0.849. The van der Waals surface area contributed by atoms with Gasteiger partial charge in [0.1, 0.15) is 5.75 Å². The maximum absolute atomic E-state index is 11.9. The Morgan fingerprint density at radius 2 is 2.10 bits per heavy atom. The Balaban J connectivity index is 1.83. The summed E-state index contributed by atoms with van der Waals surface area (Å²) < 4.78 is 5.41. The number of amides is 1. The zero-order valence-electron chi connectivity index (χ0n) is 11.1. The fraction of sp³-hybridized carbons (Fsp3) is 0.200. The van der Waals surface area contributed by atoms with Crippen LogP contribution in [0.4, 0.5) is 0 Å². The van der Waals surface area contributed by atoms with Crippen molar-refractivity contribution in [2.45, 2.75) is 6.54 Å². The minimum Gasteiger partial charge on any atom is -0.484 e. The summed E-state index contributed by atoms with van der Waals surface area (Å²) in [5, 5.41) is 10.7. The second-order valence-electron chi connectivity index (χ2n) is 4.25. The molecule has 0 spiro atoms. The van der Waals surface area contributed by atoms with Crippen LogP contribution in [0.25, 0.3) is 0 Å². The molecule has 0 aliphatic rings. The second-order valence-corrected chi connectivity index (χ2v) is 5.29. The fourth-order valence-electron chi connectivity index (χ4n) is 1.61. The van der Waals surface area contributed by atoms with E-state index >= 15 is 0 Å². The molecule has 0 N–H and O–H groups in total. The number of nitrogens with zero attached hydrogens (tertiary/aromatic N) is 2. The normalized spacial score (nSPS) is 9.80. The third-order valence-electron chi connectivity index (χ3n) is 2.74. The van der Waals surface area contributed by atoms with E-state index in [0.29, 0.717) is 17.9 Å². The molecule has 1 aromatic carbocycles. The first-order valence-electron chi connectivity index (χ1n) is 6.08. The van der Waals surface area contributed by atoms with Crippen LogP contribution in [0.2, 0.25) is 0 Å². The number of thiophene rings is 1.